The highest BCUT2D eigenvalue weighted by Gasteiger charge is 2.37. The summed E-state index contributed by atoms with van der Waals surface area (Å²) in [6.45, 7) is 4.38. The van der Waals surface area contributed by atoms with Crippen molar-refractivity contribution in [1.29, 1.82) is 0 Å². The minimum Gasteiger partial charge on any atom is -0.323 e. The lowest BCUT2D eigenvalue weighted by Gasteiger charge is -2.23. The standard InChI is InChI=1S/C11H14ClN/c1-11(2)6-8-7(10(11)13)4-3-5-9(8)12/h3-5,10H,6,13H2,1-2H3. The topological polar surface area (TPSA) is 26.0 Å². The maximum Gasteiger partial charge on any atom is 0.0441 e. The van der Waals surface area contributed by atoms with E-state index < -0.39 is 0 Å². The molecule has 1 aromatic rings. The van der Waals surface area contributed by atoms with Crippen molar-refractivity contribution in [2.45, 2.75) is 26.3 Å². The summed E-state index contributed by atoms with van der Waals surface area (Å²) in [6, 6.07) is 6.12. The second-order valence-electron chi connectivity index (χ2n) is 4.45. The lowest BCUT2D eigenvalue weighted by molar-refractivity contribution is 0.319. The summed E-state index contributed by atoms with van der Waals surface area (Å²) in [5.41, 5.74) is 8.74. The Morgan fingerprint density at radius 1 is 1.46 bits per heavy atom. The van der Waals surface area contributed by atoms with Gasteiger partial charge in [-0.25, -0.2) is 0 Å². The van der Waals surface area contributed by atoms with E-state index in [1.807, 2.05) is 12.1 Å². The molecular formula is C11H14ClN. The molecule has 13 heavy (non-hydrogen) atoms. The van der Waals surface area contributed by atoms with Gasteiger partial charge in [-0.15, -0.1) is 0 Å². The summed E-state index contributed by atoms with van der Waals surface area (Å²) in [4.78, 5) is 0. The summed E-state index contributed by atoms with van der Waals surface area (Å²) < 4.78 is 0. The number of nitrogens with two attached hydrogens (primary N) is 1. The van der Waals surface area contributed by atoms with Gasteiger partial charge in [0.05, 0.1) is 0 Å². The highest BCUT2D eigenvalue weighted by atomic mass is 35.5. The highest BCUT2D eigenvalue weighted by molar-refractivity contribution is 6.31. The number of rotatable bonds is 0. The van der Waals surface area contributed by atoms with Crippen LogP contribution in [0.2, 0.25) is 5.02 Å². The van der Waals surface area contributed by atoms with Crippen molar-refractivity contribution in [1.82, 2.24) is 0 Å². The van der Waals surface area contributed by atoms with Crippen LogP contribution in [0.15, 0.2) is 18.2 Å². The molecule has 1 aliphatic rings. The van der Waals surface area contributed by atoms with Crippen molar-refractivity contribution < 1.29 is 0 Å². The molecule has 2 heteroatoms. The molecule has 70 valence electrons. The molecule has 0 radical (unpaired) electrons. The fourth-order valence-electron chi connectivity index (χ4n) is 2.04. The Hall–Kier alpha value is -0.530. The third-order valence-electron chi connectivity index (χ3n) is 2.96. The molecule has 1 aromatic carbocycles. The van der Waals surface area contributed by atoms with E-state index in [4.69, 9.17) is 17.3 Å². The van der Waals surface area contributed by atoms with E-state index in [1.54, 1.807) is 0 Å². The van der Waals surface area contributed by atoms with Crippen molar-refractivity contribution in [2.24, 2.45) is 11.1 Å². The number of fused-ring (bicyclic) bond motifs is 1. The number of hydrogen-bond acceptors (Lipinski definition) is 1. The predicted molar refractivity (Wildman–Crippen MR) is 55.9 cm³/mol. The third kappa shape index (κ3) is 1.27. The minimum absolute atomic E-state index is 0.126. The van der Waals surface area contributed by atoms with E-state index in [-0.39, 0.29) is 11.5 Å². The van der Waals surface area contributed by atoms with Gasteiger partial charge in [0.15, 0.2) is 0 Å². The van der Waals surface area contributed by atoms with Crippen molar-refractivity contribution in [3.05, 3.63) is 34.3 Å². The quantitative estimate of drug-likeness (QED) is 0.677. The first kappa shape index (κ1) is 9.04. The van der Waals surface area contributed by atoms with Gasteiger partial charge >= 0.3 is 0 Å². The monoisotopic (exact) mass is 195 g/mol. The molecule has 1 aliphatic carbocycles. The molecule has 0 heterocycles. The molecule has 2 rings (SSSR count). The van der Waals surface area contributed by atoms with Crippen molar-refractivity contribution >= 4 is 11.6 Å². The summed E-state index contributed by atoms with van der Waals surface area (Å²) in [5, 5.41) is 0.860. The van der Waals surface area contributed by atoms with Gasteiger partial charge in [-0.1, -0.05) is 37.6 Å². The molecular weight excluding hydrogens is 182 g/mol. The Morgan fingerprint density at radius 2 is 2.15 bits per heavy atom. The average molecular weight is 196 g/mol. The Labute approximate surface area is 83.9 Å². The summed E-state index contributed by atoms with van der Waals surface area (Å²) >= 11 is 6.11. The molecule has 0 bridgehead atoms. The zero-order valence-electron chi connectivity index (χ0n) is 7.97. The van der Waals surface area contributed by atoms with Crippen LogP contribution in [0.1, 0.15) is 31.0 Å². The van der Waals surface area contributed by atoms with Crippen LogP contribution in [-0.4, -0.2) is 0 Å². The molecule has 0 aliphatic heterocycles. The summed E-state index contributed by atoms with van der Waals surface area (Å²) in [7, 11) is 0. The third-order valence-corrected chi connectivity index (χ3v) is 3.32. The SMILES string of the molecule is CC1(C)Cc2c(Cl)cccc2C1N. The molecule has 2 N–H and O–H groups in total. The van der Waals surface area contributed by atoms with Gasteiger partial charge in [0.25, 0.3) is 0 Å². The normalized spacial score (nSPS) is 24.5. The number of halogens is 1. The van der Waals surface area contributed by atoms with E-state index in [9.17, 15) is 0 Å². The van der Waals surface area contributed by atoms with Gasteiger partial charge < -0.3 is 5.73 Å². The Morgan fingerprint density at radius 3 is 2.77 bits per heavy atom. The first-order chi connectivity index (χ1) is 6.02. The van der Waals surface area contributed by atoms with Crippen molar-refractivity contribution in [3.63, 3.8) is 0 Å². The summed E-state index contributed by atoms with van der Waals surface area (Å²) in [6.07, 6.45) is 0.989. The molecule has 0 spiro atoms. The molecule has 0 aromatic heterocycles. The Kier molecular flexibility index (Phi) is 1.90. The molecule has 1 atom stereocenters. The van der Waals surface area contributed by atoms with Crippen LogP contribution < -0.4 is 5.73 Å². The summed E-state index contributed by atoms with van der Waals surface area (Å²) in [5.74, 6) is 0. The highest BCUT2D eigenvalue weighted by Crippen LogP contribution is 2.45. The van der Waals surface area contributed by atoms with Crippen LogP contribution >= 0.6 is 11.6 Å². The van der Waals surface area contributed by atoms with Crippen LogP contribution in [-0.2, 0) is 6.42 Å². The largest absolute Gasteiger partial charge is 0.323 e. The van der Waals surface area contributed by atoms with Crippen LogP contribution in [0.25, 0.3) is 0 Å². The average Bonchev–Trinajstić information content (AvgIpc) is 2.28. The van der Waals surface area contributed by atoms with Gasteiger partial charge in [0.2, 0.25) is 0 Å². The number of hydrogen-bond donors (Lipinski definition) is 1. The van der Waals surface area contributed by atoms with Crippen LogP contribution in [0, 0.1) is 5.41 Å². The lowest BCUT2D eigenvalue weighted by Crippen LogP contribution is -2.24. The van der Waals surface area contributed by atoms with Gasteiger partial charge in [0.1, 0.15) is 0 Å². The maximum atomic E-state index is 6.13. The zero-order chi connectivity index (χ0) is 9.64. The Balaban J connectivity index is 2.56. The first-order valence-corrected chi connectivity index (χ1v) is 4.93. The molecule has 0 amide bonds. The lowest BCUT2D eigenvalue weighted by atomic mass is 9.86. The second-order valence-corrected chi connectivity index (χ2v) is 4.86. The fourth-order valence-corrected chi connectivity index (χ4v) is 2.29. The molecule has 1 nitrogen and oxygen atoms in total. The molecule has 0 fully saturated rings. The maximum absolute atomic E-state index is 6.13. The molecule has 0 saturated carbocycles. The van der Waals surface area contributed by atoms with Crippen molar-refractivity contribution in [3.8, 4) is 0 Å². The van der Waals surface area contributed by atoms with Crippen molar-refractivity contribution in [2.75, 3.05) is 0 Å². The predicted octanol–water partition coefficient (Wildman–Crippen LogP) is 2.92. The van der Waals surface area contributed by atoms with Crippen LogP contribution in [0.5, 0.6) is 0 Å². The molecule has 1 unspecified atom stereocenters. The van der Waals surface area contributed by atoms with Gasteiger partial charge in [-0.05, 0) is 29.0 Å². The van der Waals surface area contributed by atoms with E-state index in [2.05, 4.69) is 19.9 Å². The van der Waals surface area contributed by atoms with Gasteiger partial charge in [-0.3, -0.25) is 0 Å². The van der Waals surface area contributed by atoms with E-state index in [0.29, 0.717) is 0 Å². The first-order valence-electron chi connectivity index (χ1n) is 4.55. The Bertz CT molecular complexity index is 344. The van der Waals surface area contributed by atoms with Gasteiger partial charge in [0, 0.05) is 11.1 Å². The second kappa shape index (κ2) is 2.73. The number of benzene rings is 1. The van der Waals surface area contributed by atoms with Crippen LogP contribution in [0.4, 0.5) is 0 Å². The van der Waals surface area contributed by atoms with E-state index in [0.717, 1.165) is 11.4 Å². The van der Waals surface area contributed by atoms with Crippen LogP contribution in [0.3, 0.4) is 0 Å². The minimum atomic E-state index is 0.126. The fraction of sp³-hybridized carbons (Fsp3) is 0.455. The van der Waals surface area contributed by atoms with E-state index in [1.165, 1.54) is 11.1 Å². The molecule has 0 saturated heterocycles. The van der Waals surface area contributed by atoms with Gasteiger partial charge in [-0.2, -0.15) is 0 Å². The zero-order valence-corrected chi connectivity index (χ0v) is 8.73. The smallest absolute Gasteiger partial charge is 0.0441 e. The van der Waals surface area contributed by atoms with E-state index >= 15 is 0 Å².